The molecule has 6 nitrogen and oxygen atoms in total. The van der Waals surface area contributed by atoms with E-state index in [0.29, 0.717) is 18.7 Å². The summed E-state index contributed by atoms with van der Waals surface area (Å²) in [7, 11) is 1.66. The quantitative estimate of drug-likeness (QED) is 0.267. The summed E-state index contributed by atoms with van der Waals surface area (Å²) in [6, 6.07) is 14.2. The van der Waals surface area contributed by atoms with Gasteiger partial charge in [-0.1, -0.05) is 36.9 Å². The van der Waals surface area contributed by atoms with Gasteiger partial charge in [0.25, 0.3) is 0 Å². The Hall–Kier alpha value is -3.54. The normalized spacial score (nSPS) is 11.1. The number of benzene rings is 2. The third-order valence-electron chi connectivity index (χ3n) is 5.56. The number of hydrogen-bond acceptors (Lipinski definition) is 4. The fraction of sp³-hybridized carbons (Fsp3) is 0.357. The van der Waals surface area contributed by atoms with Gasteiger partial charge < -0.3 is 19.4 Å². The Labute approximate surface area is 202 Å². The minimum Gasteiger partial charge on any atom is -0.493 e. The molecule has 1 amide bonds. The van der Waals surface area contributed by atoms with Crippen molar-refractivity contribution < 1.29 is 14.3 Å². The molecule has 0 unspecified atom stereocenters. The van der Waals surface area contributed by atoms with Gasteiger partial charge in [0, 0.05) is 25.1 Å². The first-order chi connectivity index (χ1) is 16.5. The van der Waals surface area contributed by atoms with Crippen molar-refractivity contribution >= 4 is 23.0 Å². The van der Waals surface area contributed by atoms with Crippen molar-refractivity contribution in [1.29, 1.82) is 0 Å². The molecular weight excluding hydrogens is 426 g/mol. The van der Waals surface area contributed by atoms with Gasteiger partial charge in [-0.25, -0.2) is 4.98 Å². The molecule has 0 aliphatic rings. The van der Waals surface area contributed by atoms with Crippen LogP contribution >= 0.6 is 0 Å². The topological polar surface area (TPSA) is 65.4 Å². The van der Waals surface area contributed by atoms with E-state index in [1.807, 2.05) is 55.5 Å². The first kappa shape index (κ1) is 25.1. The number of ether oxygens (including phenoxy) is 2. The molecule has 3 aromatic rings. The zero-order valence-corrected chi connectivity index (χ0v) is 20.5. The molecule has 0 aliphatic heterocycles. The van der Waals surface area contributed by atoms with Crippen LogP contribution in [0.3, 0.4) is 0 Å². The summed E-state index contributed by atoms with van der Waals surface area (Å²) in [4.78, 5) is 16.5. The molecule has 2 aromatic carbocycles. The van der Waals surface area contributed by atoms with Crippen molar-refractivity contribution in [3.05, 3.63) is 72.1 Å². The number of carbonyl (C=O) groups excluding carboxylic acids is 1. The summed E-state index contributed by atoms with van der Waals surface area (Å²) in [5.74, 6) is 2.47. The molecule has 3 rings (SSSR count). The number of allylic oxidation sites excluding steroid dienone is 1. The van der Waals surface area contributed by atoms with Crippen LogP contribution in [-0.4, -0.2) is 35.7 Å². The lowest BCUT2D eigenvalue weighted by molar-refractivity contribution is -0.117. The highest BCUT2D eigenvalue weighted by atomic mass is 16.5. The van der Waals surface area contributed by atoms with Crippen molar-refractivity contribution in [2.24, 2.45) is 0 Å². The Kier molecular flexibility index (Phi) is 9.32. The number of imidazole rings is 1. The molecule has 180 valence electrons. The molecule has 0 atom stereocenters. The Morgan fingerprint density at radius 1 is 1.15 bits per heavy atom. The van der Waals surface area contributed by atoms with Crippen LogP contribution in [0.4, 0.5) is 0 Å². The van der Waals surface area contributed by atoms with Crippen LogP contribution in [0.1, 0.15) is 44.5 Å². The second-order valence-corrected chi connectivity index (χ2v) is 8.27. The predicted octanol–water partition coefficient (Wildman–Crippen LogP) is 5.56. The van der Waals surface area contributed by atoms with Gasteiger partial charge in [0.05, 0.1) is 24.8 Å². The molecule has 0 radical (unpaired) electrons. The van der Waals surface area contributed by atoms with Crippen LogP contribution in [0, 0.1) is 0 Å². The van der Waals surface area contributed by atoms with E-state index in [4.69, 9.17) is 14.5 Å². The number of unbranched alkanes of at least 4 members (excludes halogenated alkanes) is 1. The lowest BCUT2D eigenvalue weighted by Gasteiger charge is -2.12. The maximum absolute atomic E-state index is 11.7. The molecule has 34 heavy (non-hydrogen) atoms. The van der Waals surface area contributed by atoms with Gasteiger partial charge in [-0.05, 0) is 62.9 Å². The summed E-state index contributed by atoms with van der Waals surface area (Å²) in [6.07, 6.45) is 7.56. The van der Waals surface area contributed by atoms with Gasteiger partial charge in [-0.2, -0.15) is 0 Å². The Morgan fingerprint density at radius 2 is 1.97 bits per heavy atom. The van der Waals surface area contributed by atoms with E-state index >= 15 is 0 Å². The Morgan fingerprint density at radius 3 is 2.74 bits per heavy atom. The Bertz CT molecular complexity index is 1150. The summed E-state index contributed by atoms with van der Waals surface area (Å²) < 4.78 is 13.8. The summed E-state index contributed by atoms with van der Waals surface area (Å²) >= 11 is 0. The number of methoxy groups -OCH3 is 1. The number of rotatable bonds is 13. The number of hydrogen-bond donors (Lipinski definition) is 1. The van der Waals surface area contributed by atoms with Gasteiger partial charge in [0.2, 0.25) is 5.91 Å². The second kappa shape index (κ2) is 12.6. The Balaban J connectivity index is 1.55. The number of nitrogens with one attached hydrogen (secondary N) is 1. The maximum atomic E-state index is 11.7. The van der Waals surface area contributed by atoms with E-state index in [2.05, 4.69) is 22.5 Å². The van der Waals surface area contributed by atoms with Crippen molar-refractivity contribution in [3.8, 4) is 11.5 Å². The van der Waals surface area contributed by atoms with Crippen molar-refractivity contribution in [1.82, 2.24) is 14.9 Å². The number of carbonyl (C=O) groups is 1. The van der Waals surface area contributed by atoms with Crippen molar-refractivity contribution in [3.63, 3.8) is 0 Å². The lowest BCUT2D eigenvalue weighted by atomic mass is 10.2. The van der Waals surface area contributed by atoms with E-state index in [9.17, 15) is 4.79 Å². The maximum Gasteiger partial charge on any atom is 0.246 e. The molecule has 0 saturated heterocycles. The minimum atomic E-state index is -0.0957. The number of amides is 1. The average Bonchev–Trinajstić information content (AvgIpc) is 3.19. The fourth-order valence-electron chi connectivity index (χ4n) is 3.82. The van der Waals surface area contributed by atoms with Gasteiger partial charge >= 0.3 is 0 Å². The summed E-state index contributed by atoms with van der Waals surface area (Å²) in [6.45, 7) is 9.48. The van der Waals surface area contributed by atoms with Crippen LogP contribution in [0.15, 0.2) is 60.7 Å². The fourth-order valence-corrected chi connectivity index (χ4v) is 3.82. The monoisotopic (exact) mass is 461 g/mol. The van der Waals surface area contributed by atoms with Crippen LogP contribution < -0.4 is 14.8 Å². The molecule has 0 fully saturated rings. The van der Waals surface area contributed by atoms with Gasteiger partial charge in [-0.3, -0.25) is 4.79 Å². The molecule has 0 aliphatic carbocycles. The van der Waals surface area contributed by atoms with Crippen molar-refractivity contribution in [2.45, 2.75) is 46.1 Å². The second-order valence-electron chi connectivity index (χ2n) is 8.27. The molecule has 1 N–H and O–H groups in total. The van der Waals surface area contributed by atoms with Gasteiger partial charge in [0.15, 0.2) is 11.5 Å². The molecule has 0 bridgehead atoms. The van der Waals surface area contributed by atoms with Gasteiger partial charge in [0.1, 0.15) is 5.82 Å². The molecular formula is C28H35N3O3. The highest BCUT2D eigenvalue weighted by Crippen LogP contribution is 2.29. The van der Waals surface area contributed by atoms with E-state index in [-0.39, 0.29) is 5.91 Å². The predicted molar refractivity (Wildman–Crippen MR) is 138 cm³/mol. The largest absolute Gasteiger partial charge is 0.493 e. The number of aromatic nitrogens is 2. The van der Waals surface area contributed by atoms with E-state index in [1.165, 1.54) is 0 Å². The zero-order valence-electron chi connectivity index (χ0n) is 20.5. The molecule has 1 aromatic heterocycles. The van der Waals surface area contributed by atoms with Crippen molar-refractivity contribution in [2.75, 3.05) is 20.3 Å². The van der Waals surface area contributed by atoms with Crippen LogP contribution in [0.25, 0.3) is 17.1 Å². The lowest BCUT2D eigenvalue weighted by Crippen LogP contribution is -2.25. The van der Waals surface area contributed by atoms with E-state index < -0.39 is 0 Å². The summed E-state index contributed by atoms with van der Waals surface area (Å²) in [5, 5.41) is 2.89. The first-order valence-electron chi connectivity index (χ1n) is 11.8. The highest BCUT2D eigenvalue weighted by Gasteiger charge is 2.11. The molecule has 0 spiro atoms. The molecule has 0 saturated carbocycles. The number of para-hydroxylation sites is 2. The highest BCUT2D eigenvalue weighted by molar-refractivity contribution is 5.92. The first-order valence-corrected chi connectivity index (χ1v) is 11.8. The molecule has 1 heterocycles. The standard InChI is InChI=1S/C28H35N3O3/c1-5-11-22-15-16-25(26(20-22)33-4)34-19-9-8-18-31-24-13-7-6-12-23(24)30-27(31)14-10-17-29-28(32)21(2)3/h5-7,11-13,15-16,20H,2,8-10,14,17-19H2,1,3-4H3,(H,29,32)/b11-5+. The van der Waals surface area contributed by atoms with Crippen LogP contribution in [0.5, 0.6) is 11.5 Å². The smallest absolute Gasteiger partial charge is 0.246 e. The molecule has 6 heteroatoms. The van der Waals surface area contributed by atoms with Crippen LogP contribution in [0.2, 0.25) is 0 Å². The van der Waals surface area contributed by atoms with E-state index in [1.54, 1.807) is 14.0 Å². The third kappa shape index (κ3) is 6.73. The third-order valence-corrected chi connectivity index (χ3v) is 5.56. The van der Waals surface area contributed by atoms with E-state index in [0.717, 1.165) is 66.1 Å². The number of fused-ring (bicyclic) bond motifs is 1. The summed E-state index contributed by atoms with van der Waals surface area (Å²) in [5.41, 5.74) is 3.77. The zero-order chi connectivity index (χ0) is 24.3. The minimum absolute atomic E-state index is 0.0957. The average molecular weight is 462 g/mol. The van der Waals surface area contributed by atoms with Crippen LogP contribution in [-0.2, 0) is 17.8 Å². The van der Waals surface area contributed by atoms with Gasteiger partial charge in [-0.15, -0.1) is 0 Å². The SMILES string of the molecule is C=C(C)C(=O)NCCCc1nc2ccccc2n1CCCCOc1ccc(/C=C/C)cc1OC. The number of nitrogens with zero attached hydrogens (tertiary/aromatic N) is 2. The number of aryl methyl sites for hydroxylation is 2.